The molecule has 0 aromatic rings. The molecule has 23 heavy (non-hydrogen) atoms. The summed E-state index contributed by atoms with van der Waals surface area (Å²) in [6.45, 7) is 4.06. The first kappa shape index (κ1) is 20.4. The summed E-state index contributed by atoms with van der Waals surface area (Å²) in [5, 5.41) is 0. The van der Waals surface area contributed by atoms with Crippen LogP contribution in [0.4, 0.5) is 0 Å². The summed E-state index contributed by atoms with van der Waals surface area (Å²) in [6.07, 6.45) is 9.12. The third kappa shape index (κ3) is 8.13. The Balaban J connectivity index is 2.20. The lowest BCUT2D eigenvalue weighted by atomic mass is 10.0. The van der Waals surface area contributed by atoms with E-state index in [-0.39, 0.29) is 6.61 Å². The monoisotopic (exact) mass is 350 g/mol. The molecular formula is C16H30O6S. The highest BCUT2D eigenvalue weighted by atomic mass is 32.3. The molecule has 1 heterocycles. The van der Waals surface area contributed by atoms with Gasteiger partial charge >= 0.3 is 16.4 Å². The second kappa shape index (κ2) is 11.0. The molecule has 0 unspecified atom stereocenters. The van der Waals surface area contributed by atoms with Crippen molar-refractivity contribution in [1.82, 2.24) is 0 Å². The molecule has 0 aliphatic carbocycles. The molecule has 0 saturated carbocycles. The molecule has 6 nitrogen and oxygen atoms in total. The average Bonchev–Trinajstić information content (AvgIpc) is 2.81. The zero-order valence-corrected chi connectivity index (χ0v) is 15.1. The van der Waals surface area contributed by atoms with E-state index < -0.39 is 28.6 Å². The van der Waals surface area contributed by atoms with E-state index in [0.29, 0.717) is 6.42 Å². The Morgan fingerprint density at radius 3 is 2.04 bits per heavy atom. The van der Waals surface area contributed by atoms with Gasteiger partial charge in [-0.25, -0.2) is 13.2 Å². The second-order valence-corrected chi connectivity index (χ2v) is 7.13. The molecule has 1 rings (SSSR count). The summed E-state index contributed by atoms with van der Waals surface area (Å²) in [7, 11) is -4.07. The Hall–Kier alpha value is -0.660. The second-order valence-electron chi connectivity index (χ2n) is 5.93. The first-order valence-electron chi connectivity index (χ1n) is 8.78. The van der Waals surface area contributed by atoms with Gasteiger partial charge in [0, 0.05) is 0 Å². The quantitative estimate of drug-likeness (QED) is 0.396. The fraction of sp³-hybridized carbons (Fsp3) is 0.938. The van der Waals surface area contributed by atoms with Crippen LogP contribution in [0.3, 0.4) is 0 Å². The van der Waals surface area contributed by atoms with Gasteiger partial charge in [0.2, 0.25) is 6.10 Å². The fourth-order valence-corrected chi connectivity index (χ4v) is 3.69. The molecule has 1 aliphatic rings. The Morgan fingerprint density at radius 1 is 0.913 bits per heavy atom. The first-order chi connectivity index (χ1) is 11.0. The van der Waals surface area contributed by atoms with E-state index in [1.807, 2.05) is 0 Å². The maximum atomic E-state index is 11.7. The van der Waals surface area contributed by atoms with Crippen molar-refractivity contribution in [3.8, 4) is 0 Å². The highest BCUT2D eigenvalue weighted by Gasteiger charge is 2.45. The molecule has 0 amide bonds. The third-order valence-electron chi connectivity index (χ3n) is 3.91. The maximum absolute atomic E-state index is 11.7. The van der Waals surface area contributed by atoms with E-state index >= 15 is 0 Å². The van der Waals surface area contributed by atoms with Crippen LogP contribution in [0.25, 0.3) is 0 Å². The van der Waals surface area contributed by atoms with E-state index in [1.165, 1.54) is 38.5 Å². The van der Waals surface area contributed by atoms with Gasteiger partial charge in [-0.05, 0) is 13.3 Å². The Morgan fingerprint density at radius 2 is 1.48 bits per heavy atom. The summed E-state index contributed by atoms with van der Waals surface area (Å²) in [5.41, 5.74) is 0. The van der Waals surface area contributed by atoms with Gasteiger partial charge in [-0.2, -0.15) is 8.42 Å². The topological polar surface area (TPSA) is 78.9 Å². The molecule has 2 atom stereocenters. The van der Waals surface area contributed by atoms with Crippen LogP contribution in [0.1, 0.15) is 78.1 Å². The minimum absolute atomic E-state index is 0.184. The Labute approximate surface area is 140 Å². The van der Waals surface area contributed by atoms with Crippen LogP contribution in [0, 0.1) is 0 Å². The summed E-state index contributed by atoms with van der Waals surface area (Å²) in [6, 6.07) is 0. The number of unbranched alkanes of at least 4 members (excludes halogenated alkanes) is 8. The van der Waals surface area contributed by atoms with Gasteiger partial charge in [0.05, 0.1) is 6.61 Å². The van der Waals surface area contributed by atoms with Gasteiger partial charge in [0.1, 0.15) is 6.10 Å². The molecule has 7 heteroatoms. The van der Waals surface area contributed by atoms with E-state index in [1.54, 1.807) is 6.92 Å². The van der Waals surface area contributed by atoms with Crippen molar-refractivity contribution < 1.29 is 26.3 Å². The molecule has 1 fully saturated rings. The lowest BCUT2D eigenvalue weighted by molar-refractivity contribution is -0.152. The predicted molar refractivity (Wildman–Crippen MR) is 87.1 cm³/mol. The molecule has 0 radical (unpaired) electrons. The SMILES string of the molecule is CCCCCCCCCCC[C@H]1OS(=O)(=O)O[C@@H]1C(=O)OCC. The van der Waals surface area contributed by atoms with Crippen molar-refractivity contribution in [2.45, 2.75) is 90.3 Å². The lowest BCUT2D eigenvalue weighted by Gasteiger charge is -2.13. The van der Waals surface area contributed by atoms with Crippen LogP contribution < -0.4 is 0 Å². The molecule has 1 saturated heterocycles. The fourth-order valence-electron chi connectivity index (χ4n) is 2.68. The average molecular weight is 350 g/mol. The van der Waals surface area contributed by atoms with Crippen LogP contribution in [-0.2, 0) is 28.3 Å². The van der Waals surface area contributed by atoms with Crippen molar-refractivity contribution in [3.05, 3.63) is 0 Å². The van der Waals surface area contributed by atoms with Crippen molar-refractivity contribution in [2.75, 3.05) is 6.61 Å². The van der Waals surface area contributed by atoms with Crippen molar-refractivity contribution in [3.63, 3.8) is 0 Å². The number of carbonyl (C=O) groups excluding carboxylic acids is 1. The van der Waals surface area contributed by atoms with Crippen molar-refractivity contribution >= 4 is 16.4 Å². The van der Waals surface area contributed by atoms with Crippen LogP contribution in [-0.4, -0.2) is 33.2 Å². The summed E-state index contributed by atoms with van der Waals surface area (Å²) in [5.74, 6) is -0.672. The molecule has 0 bridgehead atoms. The minimum Gasteiger partial charge on any atom is -0.464 e. The number of hydrogen-bond acceptors (Lipinski definition) is 6. The standard InChI is InChI=1S/C16H30O6S/c1-3-5-6-7-8-9-10-11-12-13-14-15(16(17)20-4-2)22-23(18,19)21-14/h14-15H,3-13H2,1-2H3/t14-,15+/m1/s1. The third-order valence-corrected chi connectivity index (χ3v) is 4.84. The Kier molecular flexibility index (Phi) is 9.74. The summed E-state index contributed by atoms with van der Waals surface area (Å²) in [4.78, 5) is 11.7. The number of rotatable bonds is 12. The highest BCUT2D eigenvalue weighted by molar-refractivity contribution is 7.82. The minimum atomic E-state index is -4.07. The van der Waals surface area contributed by atoms with Gasteiger partial charge in [-0.3, -0.25) is 0 Å². The number of hydrogen-bond donors (Lipinski definition) is 0. The first-order valence-corrected chi connectivity index (χ1v) is 10.1. The van der Waals surface area contributed by atoms with Crippen LogP contribution in [0.15, 0.2) is 0 Å². The van der Waals surface area contributed by atoms with Gasteiger partial charge in [-0.15, -0.1) is 0 Å². The highest BCUT2D eigenvalue weighted by Crippen LogP contribution is 2.26. The molecule has 0 aromatic carbocycles. The molecule has 0 aromatic heterocycles. The van der Waals surface area contributed by atoms with Gasteiger partial charge in [0.25, 0.3) is 0 Å². The van der Waals surface area contributed by atoms with Crippen LogP contribution in [0.2, 0.25) is 0 Å². The number of carbonyl (C=O) groups is 1. The molecule has 0 N–H and O–H groups in total. The van der Waals surface area contributed by atoms with Crippen molar-refractivity contribution in [1.29, 1.82) is 0 Å². The van der Waals surface area contributed by atoms with Crippen molar-refractivity contribution in [2.24, 2.45) is 0 Å². The van der Waals surface area contributed by atoms with E-state index in [2.05, 4.69) is 11.1 Å². The van der Waals surface area contributed by atoms with E-state index in [0.717, 1.165) is 19.3 Å². The summed E-state index contributed by atoms with van der Waals surface area (Å²) < 4.78 is 37.1. The van der Waals surface area contributed by atoms with E-state index in [4.69, 9.17) is 8.92 Å². The smallest absolute Gasteiger partial charge is 0.401 e. The van der Waals surface area contributed by atoms with Crippen LogP contribution >= 0.6 is 0 Å². The predicted octanol–water partition coefficient (Wildman–Crippen LogP) is 3.50. The zero-order valence-electron chi connectivity index (χ0n) is 14.3. The molecule has 136 valence electrons. The number of ether oxygens (including phenoxy) is 1. The van der Waals surface area contributed by atoms with Gasteiger partial charge < -0.3 is 4.74 Å². The van der Waals surface area contributed by atoms with Gasteiger partial charge in [0.15, 0.2) is 0 Å². The molecule has 0 spiro atoms. The largest absolute Gasteiger partial charge is 0.464 e. The molecular weight excluding hydrogens is 320 g/mol. The Bertz CT molecular complexity index is 434. The normalized spacial score (nSPS) is 23.0. The number of esters is 1. The zero-order chi connectivity index (χ0) is 17.1. The van der Waals surface area contributed by atoms with E-state index in [9.17, 15) is 13.2 Å². The lowest BCUT2D eigenvalue weighted by Crippen LogP contribution is -2.33. The van der Waals surface area contributed by atoms with Crippen LogP contribution in [0.5, 0.6) is 0 Å². The molecule has 1 aliphatic heterocycles. The van der Waals surface area contributed by atoms with Gasteiger partial charge in [-0.1, -0.05) is 64.7 Å². The maximum Gasteiger partial charge on any atom is 0.401 e. The summed E-state index contributed by atoms with van der Waals surface area (Å²) >= 11 is 0.